The minimum atomic E-state index is -0.301. The van der Waals surface area contributed by atoms with Crippen molar-refractivity contribution >= 4 is 0 Å². The molecule has 2 nitrogen and oxygen atoms in total. The lowest BCUT2D eigenvalue weighted by Crippen LogP contribution is -1.91. The molecule has 0 spiro atoms. The minimum absolute atomic E-state index is 0.301. The summed E-state index contributed by atoms with van der Waals surface area (Å²) in [4.78, 5) is 3.96. The summed E-state index contributed by atoms with van der Waals surface area (Å²) in [5, 5.41) is 0. The molecule has 0 radical (unpaired) electrons. The van der Waals surface area contributed by atoms with Crippen LogP contribution in [0.3, 0.4) is 0 Å². The van der Waals surface area contributed by atoms with Gasteiger partial charge in [0.25, 0.3) is 0 Å². The number of imidazole rings is 1. The Bertz CT molecular complexity index is 378. The van der Waals surface area contributed by atoms with Crippen molar-refractivity contribution in [2.75, 3.05) is 6.67 Å². The van der Waals surface area contributed by atoms with Crippen LogP contribution in [0.15, 0.2) is 43.0 Å². The fourth-order valence-corrected chi connectivity index (χ4v) is 1.36. The summed E-state index contributed by atoms with van der Waals surface area (Å²) >= 11 is 0. The van der Waals surface area contributed by atoms with Gasteiger partial charge in [0.2, 0.25) is 0 Å². The van der Waals surface area contributed by atoms with E-state index in [1.807, 2.05) is 35.0 Å². The summed E-state index contributed by atoms with van der Waals surface area (Å²) in [5.74, 6) is 0. The van der Waals surface area contributed by atoms with E-state index in [9.17, 15) is 4.39 Å². The molecule has 0 aliphatic carbocycles. The molecular weight excluding hydrogens is 179 g/mol. The van der Waals surface area contributed by atoms with E-state index in [0.29, 0.717) is 6.42 Å². The van der Waals surface area contributed by atoms with Crippen LogP contribution in [0.2, 0.25) is 0 Å². The number of rotatable bonds is 3. The highest BCUT2D eigenvalue weighted by atomic mass is 19.1. The second-order valence-corrected chi connectivity index (χ2v) is 3.08. The molecule has 0 N–H and O–H groups in total. The van der Waals surface area contributed by atoms with Crippen LogP contribution in [-0.2, 0) is 6.42 Å². The molecule has 1 heterocycles. The van der Waals surface area contributed by atoms with Gasteiger partial charge in [0, 0.05) is 24.5 Å². The SMILES string of the molecule is FCCc1ccc(-n2ccnc2)cc1. The third kappa shape index (κ3) is 1.82. The molecule has 0 aliphatic heterocycles. The van der Waals surface area contributed by atoms with Crippen molar-refractivity contribution in [3.8, 4) is 5.69 Å². The maximum absolute atomic E-state index is 12.0. The number of halogens is 1. The van der Waals surface area contributed by atoms with Crippen LogP contribution in [0, 0.1) is 0 Å². The van der Waals surface area contributed by atoms with Crippen LogP contribution in [0.1, 0.15) is 5.56 Å². The predicted octanol–water partition coefficient (Wildman–Crippen LogP) is 2.38. The molecule has 0 fully saturated rings. The number of hydrogen-bond acceptors (Lipinski definition) is 1. The molecule has 0 amide bonds. The fourth-order valence-electron chi connectivity index (χ4n) is 1.36. The van der Waals surface area contributed by atoms with Gasteiger partial charge in [-0.05, 0) is 17.7 Å². The van der Waals surface area contributed by atoms with Gasteiger partial charge in [-0.2, -0.15) is 0 Å². The summed E-state index contributed by atoms with van der Waals surface area (Å²) in [7, 11) is 0. The van der Waals surface area contributed by atoms with Crippen molar-refractivity contribution in [1.29, 1.82) is 0 Å². The summed E-state index contributed by atoms with van der Waals surface area (Å²) in [6, 6.07) is 7.81. The van der Waals surface area contributed by atoms with Crippen LogP contribution in [-0.4, -0.2) is 16.2 Å². The van der Waals surface area contributed by atoms with Gasteiger partial charge in [-0.25, -0.2) is 4.98 Å². The molecule has 14 heavy (non-hydrogen) atoms. The molecule has 3 heteroatoms. The monoisotopic (exact) mass is 190 g/mol. The number of hydrogen-bond donors (Lipinski definition) is 0. The first-order chi connectivity index (χ1) is 6.90. The number of benzene rings is 1. The smallest absolute Gasteiger partial charge is 0.0991 e. The molecule has 72 valence electrons. The molecule has 1 aromatic heterocycles. The maximum atomic E-state index is 12.0. The van der Waals surface area contributed by atoms with Gasteiger partial charge in [0.15, 0.2) is 0 Å². The Kier molecular flexibility index (Phi) is 2.58. The van der Waals surface area contributed by atoms with Gasteiger partial charge in [0.05, 0.1) is 13.0 Å². The van der Waals surface area contributed by atoms with E-state index in [4.69, 9.17) is 0 Å². The summed E-state index contributed by atoms with van der Waals surface area (Å²) < 4.78 is 14.0. The highest BCUT2D eigenvalue weighted by Gasteiger charge is 1.95. The van der Waals surface area contributed by atoms with Gasteiger partial charge in [-0.1, -0.05) is 12.1 Å². The lowest BCUT2D eigenvalue weighted by Gasteiger charge is -2.02. The second kappa shape index (κ2) is 4.05. The minimum Gasteiger partial charge on any atom is -0.306 e. The van der Waals surface area contributed by atoms with E-state index in [1.165, 1.54) is 0 Å². The number of aryl methyl sites for hydroxylation is 1. The summed E-state index contributed by atoms with van der Waals surface area (Å²) in [6.07, 6.45) is 5.84. The molecule has 0 atom stereocenters. The molecule has 0 bridgehead atoms. The second-order valence-electron chi connectivity index (χ2n) is 3.08. The Morgan fingerprint density at radius 3 is 2.57 bits per heavy atom. The Morgan fingerprint density at radius 1 is 1.21 bits per heavy atom. The first-order valence-electron chi connectivity index (χ1n) is 4.53. The Morgan fingerprint density at radius 2 is 2.00 bits per heavy atom. The van der Waals surface area contributed by atoms with E-state index in [0.717, 1.165) is 11.3 Å². The normalized spacial score (nSPS) is 10.4. The van der Waals surface area contributed by atoms with E-state index in [-0.39, 0.29) is 6.67 Å². The molecule has 1 aromatic carbocycles. The number of alkyl halides is 1. The van der Waals surface area contributed by atoms with Crippen molar-refractivity contribution in [3.05, 3.63) is 48.5 Å². The zero-order valence-electron chi connectivity index (χ0n) is 7.73. The van der Waals surface area contributed by atoms with Gasteiger partial charge in [0.1, 0.15) is 0 Å². The van der Waals surface area contributed by atoms with Gasteiger partial charge in [-0.15, -0.1) is 0 Å². The van der Waals surface area contributed by atoms with E-state index in [1.54, 1.807) is 12.5 Å². The third-order valence-corrected chi connectivity index (χ3v) is 2.12. The average molecular weight is 190 g/mol. The van der Waals surface area contributed by atoms with Gasteiger partial charge in [-0.3, -0.25) is 4.39 Å². The summed E-state index contributed by atoms with van der Waals surface area (Å²) in [5.41, 5.74) is 2.07. The Labute approximate surface area is 82.0 Å². The van der Waals surface area contributed by atoms with Gasteiger partial charge < -0.3 is 4.57 Å². The van der Waals surface area contributed by atoms with E-state index < -0.39 is 0 Å². The lowest BCUT2D eigenvalue weighted by atomic mass is 10.1. The standard InChI is InChI=1S/C11H11FN2/c12-6-5-10-1-3-11(4-2-10)14-8-7-13-9-14/h1-4,7-9H,5-6H2. The van der Waals surface area contributed by atoms with E-state index >= 15 is 0 Å². The molecule has 0 unspecified atom stereocenters. The van der Waals surface area contributed by atoms with Gasteiger partial charge >= 0.3 is 0 Å². The number of nitrogens with zero attached hydrogens (tertiary/aromatic N) is 2. The average Bonchev–Trinajstić information content (AvgIpc) is 2.72. The molecule has 0 saturated heterocycles. The van der Waals surface area contributed by atoms with Crippen molar-refractivity contribution in [3.63, 3.8) is 0 Å². The first-order valence-corrected chi connectivity index (χ1v) is 4.53. The van der Waals surface area contributed by atoms with Crippen LogP contribution >= 0.6 is 0 Å². The Hall–Kier alpha value is -1.64. The van der Waals surface area contributed by atoms with Crippen molar-refractivity contribution < 1.29 is 4.39 Å². The quantitative estimate of drug-likeness (QED) is 0.726. The highest BCUT2D eigenvalue weighted by Crippen LogP contribution is 2.09. The number of aromatic nitrogens is 2. The largest absolute Gasteiger partial charge is 0.306 e. The molecule has 0 saturated carbocycles. The molecule has 2 aromatic rings. The zero-order valence-corrected chi connectivity index (χ0v) is 7.73. The highest BCUT2D eigenvalue weighted by molar-refractivity contribution is 5.34. The summed E-state index contributed by atoms with van der Waals surface area (Å²) in [6.45, 7) is -0.301. The molecule has 0 aliphatic rings. The van der Waals surface area contributed by atoms with Crippen LogP contribution in [0.25, 0.3) is 5.69 Å². The van der Waals surface area contributed by atoms with Crippen LogP contribution < -0.4 is 0 Å². The first kappa shape index (κ1) is 8.94. The van der Waals surface area contributed by atoms with Crippen molar-refractivity contribution in [2.45, 2.75) is 6.42 Å². The third-order valence-electron chi connectivity index (χ3n) is 2.12. The fraction of sp³-hybridized carbons (Fsp3) is 0.182. The van der Waals surface area contributed by atoms with Crippen molar-refractivity contribution in [2.24, 2.45) is 0 Å². The van der Waals surface area contributed by atoms with Crippen molar-refractivity contribution in [1.82, 2.24) is 9.55 Å². The maximum Gasteiger partial charge on any atom is 0.0991 e. The Balaban J connectivity index is 2.22. The van der Waals surface area contributed by atoms with Crippen LogP contribution in [0.4, 0.5) is 4.39 Å². The predicted molar refractivity (Wildman–Crippen MR) is 53.2 cm³/mol. The molecule has 2 rings (SSSR count). The van der Waals surface area contributed by atoms with E-state index in [2.05, 4.69) is 4.98 Å². The topological polar surface area (TPSA) is 17.8 Å². The van der Waals surface area contributed by atoms with Crippen LogP contribution in [0.5, 0.6) is 0 Å². The lowest BCUT2D eigenvalue weighted by molar-refractivity contribution is 0.495. The molecular formula is C11H11FN2. The zero-order chi connectivity index (χ0) is 9.80.